The summed E-state index contributed by atoms with van der Waals surface area (Å²) in [6, 6.07) is 1.86. The molecule has 15 heavy (non-hydrogen) atoms. The second-order valence-electron chi connectivity index (χ2n) is 2.80. The molecule has 1 aromatic rings. The highest BCUT2D eigenvalue weighted by Gasteiger charge is 2.18. The quantitative estimate of drug-likeness (QED) is 0.685. The normalized spacial score (nSPS) is 10.4. The van der Waals surface area contributed by atoms with E-state index in [9.17, 15) is 8.78 Å². The molecule has 1 aromatic heterocycles. The third kappa shape index (κ3) is 2.60. The molecule has 0 aliphatic carbocycles. The van der Waals surface area contributed by atoms with Gasteiger partial charge in [-0.15, -0.1) is 0 Å². The standard InChI is InChI=1S/C9H8F2IN3/c10-8(11)7-4-15-9(12)6(3-14)5(7)1-2-13/h4,8H,1,3,14H2. The Morgan fingerprint density at radius 3 is 2.67 bits per heavy atom. The lowest BCUT2D eigenvalue weighted by atomic mass is 10.0. The molecule has 6 heteroatoms. The van der Waals surface area contributed by atoms with Gasteiger partial charge < -0.3 is 5.73 Å². The predicted octanol–water partition coefficient (Wildman–Crippen LogP) is 2.15. The van der Waals surface area contributed by atoms with Gasteiger partial charge in [0.25, 0.3) is 6.43 Å². The van der Waals surface area contributed by atoms with Gasteiger partial charge in [-0.05, 0) is 28.2 Å². The van der Waals surface area contributed by atoms with Gasteiger partial charge in [-0.3, -0.25) is 0 Å². The second-order valence-corrected chi connectivity index (χ2v) is 3.82. The summed E-state index contributed by atoms with van der Waals surface area (Å²) in [4.78, 5) is 3.83. The van der Waals surface area contributed by atoms with Gasteiger partial charge in [-0.1, -0.05) is 0 Å². The smallest absolute Gasteiger partial charge is 0.265 e. The lowest BCUT2D eigenvalue weighted by Crippen LogP contribution is -2.09. The number of halogens is 3. The van der Waals surface area contributed by atoms with Crippen LogP contribution in [0.3, 0.4) is 0 Å². The van der Waals surface area contributed by atoms with Gasteiger partial charge in [0.1, 0.15) is 3.70 Å². The van der Waals surface area contributed by atoms with E-state index in [-0.39, 0.29) is 18.5 Å². The van der Waals surface area contributed by atoms with E-state index >= 15 is 0 Å². The van der Waals surface area contributed by atoms with Crippen LogP contribution in [0.5, 0.6) is 0 Å². The Morgan fingerprint density at radius 1 is 1.53 bits per heavy atom. The zero-order valence-electron chi connectivity index (χ0n) is 7.67. The largest absolute Gasteiger partial charge is 0.326 e. The van der Waals surface area contributed by atoms with Crippen LogP contribution in [0.1, 0.15) is 23.1 Å². The molecule has 3 nitrogen and oxygen atoms in total. The van der Waals surface area contributed by atoms with E-state index in [1.165, 1.54) is 0 Å². The van der Waals surface area contributed by atoms with Gasteiger partial charge in [0.2, 0.25) is 0 Å². The van der Waals surface area contributed by atoms with E-state index in [4.69, 9.17) is 11.0 Å². The molecular weight excluding hydrogens is 315 g/mol. The maximum absolute atomic E-state index is 12.6. The summed E-state index contributed by atoms with van der Waals surface area (Å²) in [5, 5.41) is 8.58. The summed E-state index contributed by atoms with van der Waals surface area (Å²) in [5.74, 6) is 0. The average molecular weight is 323 g/mol. The summed E-state index contributed by atoms with van der Waals surface area (Å²) in [6.07, 6.45) is -1.58. The van der Waals surface area contributed by atoms with Gasteiger partial charge in [0, 0.05) is 23.9 Å². The van der Waals surface area contributed by atoms with Crippen molar-refractivity contribution in [2.75, 3.05) is 0 Å². The number of hydrogen-bond acceptors (Lipinski definition) is 3. The first-order chi connectivity index (χ1) is 7.11. The molecule has 0 aliphatic heterocycles. The van der Waals surface area contributed by atoms with Crippen molar-refractivity contribution in [3.05, 3.63) is 26.6 Å². The first-order valence-electron chi connectivity index (χ1n) is 4.13. The summed E-state index contributed by atoms with van der Waals surface area (Å²) in [5.41, 5.74) is 6.11. The first kappa shape index (κ1) is 12.3. The molecule has 0 unspecified atom stereocenters. The van der Waals surface area contributed by atoms with Crippen LogP contribution in [0.4, 0.5) is 8.78 Å². The molecule has 2 N–H and O–H groups in total. The predicted molar refractivity (Wildman–Crippen MR) is 59.1 cm³/mol. The van der Waals surface area contributed by atoms with Crippen LogP contribution in [-0.4, -0.2) is 4.98 Å². The fourth-order valence-electron chi connectivity index (χ4n) is 1.26. The van der Waals surface area contributed by atoms with Gasteiger partial charge in [-0.25, -0.2) is 13.8 Å². The Bertz CT molecular complexity index is 401. The van der Waals surface area contributed by atoms with Gasteiger partial charge >= 0.3 is 0 Å². The van der Waals surface area contributed by atoms with E-state index in [2.05, 4.69) is 4.98 Å². The molecular formula is C9H8F2IN3. The number of pyridine rings is 1. The van der Waals surface area contributed by atoms with Crippen LogP contribution in [0.15, 0.2) is 6.20 Å². The van der Waals surface area contributed by atoms with Crippen molar-refractivity contribution in [1.29, 1.82) is 5.26 Å². The molecule has 0 aliphatic rings. The SMILES string of the molecule is N#CCc1c(C(F)F)cnc(I)c1CN. The highest BCUT2D eigenvalue weighted by Crippen LogP contribution is 2.27. The molecule has 0 bridgehead atoms. The van der Waals surface area contributed by atoms with Gasteiger partial charge in [-0.2, -0.15) is 5.26 Å². The fourth-order valence-corrected chi connectivity index (χ4v) is 1.95. The van der Waals surface area contributed by atoms with Crippen molar-refractivity contribution in [3.63, 3.8) is 0 Å². The average Bonchev–Trinajstić information content (AvgIpc) is 2.18. The molecule has 80 valence electrons. The van der Waals surface area contributed by atoms with Crippen molar-refractivity contribution < 1.29 is 8.78 Å². The molecule has 0 saturated heterocycles. The first-order valence-corrected chi connectivity index (χ1v) is 5.21. The number of hydrogen-bond donors (Lipinski definition) is 1. The van der Waals surface area contributed by atoms with Crippen LogP contribution < -0.4 is 5.73 Å². The zero-order valence-corrected chi connectivity index (χ0v) is 9.83. The third-order valence-electron chi connectivity index (χ3n) is 1.97. The highest BCUT2D eigenvalue weighted by atomic mass is 127. The maximum atomic E-state index is 12.6. The molecule has 0 saturated carbocycles. The molecule has 0 radical (unpaired) electrons. The van der Waals surface area contributed by atoms with E-state index < -0.39 is 6.43 Å². The highest BCUT2D eigenvalue weighted by molar-refractivity contribution is 14.1. The van der Waals surface area contributed by atoms with Crippen molar-refractivity contribution in [2.45, 2.75) is 19.4 Å². The Morgan fingerprint density at radius 2 is 2.20 bits per heavy atom. The summed E-state index contributed by atoms with van der Waals surface area (Å²) >= 11 is 1.92. The van der Waals surface area contributed by atoms with Crippen LogP contribution in [0, 0.1) is 15.0 Å². The lowest BCUT2D eigenvalue weighted by Gasteiger charge is -2.11. The molecule has 1 rings (SSSR count). The Labute approximate surface area is 99.4 Å². The number of aromatic nitrogens is 1. The van der Waals surface area contributed by atoms with Crippen molar-refractivity contribution in [3.8, 4) is 6.07 Å². The number of alkyl halides is 2. The minimum atomic E-state index is -2.62. The Hall–Kier alpha value is -0.810. The molecule has 0 aromatic carbocycles. The van der Waals surface area contributed by atoms with Crippen molar-refractivity contribution >= 4 is 22.6 Å². The molecule has 0 spiro atoms. The van der Waals surface area contributed by atoms with Crippen molar-refractivity contribution in [2.24, 2.45) is 5.73 Å². The Kier molecular flexibility index (Phi) is 4.35. The number of nitrogens with zero attached hydrogens (tertiary/aromatic N) is 2. The van der Waals surface area contributed by atoms with Crippen LogP contribution in [0.2, 0.25) is 0 Å². The monoisotopic (exact) mass is 323 g/mol. The van der Waals surface area contributed by atoms with E-state index in [1.807, 2.05) is 28.7 Å². The minimum absolute atomic E-state index is 0.0648. The van der Waals surface area contributed by atoms with Gasteiger partial charge in [0.05, 0.1) is 12.5 Å². The van der Waals surface area contributed by atoms with Crippen LogP contribution in [0.25, 0.3) is 0 Å². The minimum Gasteiger partial charge on any atom is -0.326 e. The van der Waals surface area contributed by atoms with E-state index in [1.54, 1.807) is 0 Å². The second kappa shape index (κ2) is 5.32. The molecule has 0 fully saturated rings. The zero-order chi connectivity index (χ0) is 11.4. The molecule has 0 amide bonds. The number of nitriles is 1. The van der Waals surface area contributed by atoms with Gasteiger partial charge in [0.15, 0.2) is 0 Å². The fraction of sp³-hybridized carbons (Fsp3) is 0.333. The van der Waals surface area contributed by atoms with Crippen molar-refractivity contribution in [1.82, 2.24) is 4.98 Å². The summed E-state index contributed by atoms with van der Waals surface area (Å²) in [6.45, 7) is 0.114. The number of rotatable bonds is 3. The van der Waals surface area contributed by atoms with Crippen LogP contribution >= 0.6 is 22.6 Å². The Balaban J connectivity index is 3.36. The topological polar surface area (TPSA) is 62.7 Å². The third-order valence-corrected chi connectivity index (χ3v) is 2.90. The van der Waals surface area contributed by atoms with Crippen LogP contribution in [-0.2, 0) is 13.0 Å². The lowest BCUT2D eigenvalue weighted by molar-refractivity contribution is 0.150. The summed E-state index contributed by atoms with van der Waals surface area (Å²) in [7, 11) is 0. The molecule has 0 atom stereocenters. The van der Waals surface area contributed by atoms with E-state index in [0.717, 1.165) is 6.20 Å². The number of nitrogens with two attached hydrogens (primary N) is 1. The van der Waals surface area contributed by atoms with E-state index in [0.29, 0.717) is 14.8 Å². The molecule has 1 heterocycles. The summed E-state index contributed by atoms with van der Waals surface area (Å²) < 4.78 is 25.8. The maximum Gasteiger partial charge on any atom is 0.265 e.